The van der Waals surface area contributed by atoms with Gasteiger partial charge in [0.2, 0.25) is 0 Å². The van der Waals surface area contributed by atoms with E-state index in [1.807, 2.05) is 103 Å². The minimum atomic E-state index is -3.31. The lowest BCUT2D eigenvalue weighted by Crippen LogP contribution is -2.14. The summed E-state index contributed by atoms with van der Waals surface area (Å²) in [7, 11) is 0.571. The molecule has 0 saturated heterocycles. The molecule has 0 N–H and O–H groups in total. The lowest BCUT2D eigenvalue weighted by atomic mass is 10.0. The monoisotopic (exact) mass is 523 g/mol. The number of hydrogen-bond donors (Lipinski definition) is 0. The molecular formula is C30H29N5O2S. The standard InChI is InChI=1S/C30H29N5O2S/c1-5-21-18-24(38(4,36)37)16-17-25(21)35(3)27-19-26-29(31-20-34(26)2)30(32-27)33-28(22-12-8-6-9-13-22)23-14-10-7-11-15-23/h6-20H,5H2,1-4H3. The Morgan fingerprint density at radius 3 is 2.16 bits per heavy atom. The summed E-state index contributed by atoms with van der Waals surface area (Å²) in [6, 6.07) is 27.3. The van der Waals surface area contributed by atoms with Crippen molar-refractivity contribution in [2.45, 2.75) is 18.2 Å². The molecule has 0 amide bonds. The second-order valence-electron chi connectivity index (χ2n) is 9.19. The minimum Gasteiger partial charge on any atom is -0.334 e. The molecule has 5 aromatic rings. The highest BCUT2D eigenvalue weighted by molar-refractivity contribution is 7.90. The highest BCUT2D eigenvalue weighted by Gasteiger charge is 2.18. The van der Waals surface area contributed by atoms with Crippen molar-refractivity contribution < 1.29 is 8.42 Å². The molecule has 0 aliphatic rings. The van der Waals surface area contributed by atoms with E-state index in [0.29, 0.717) is 28.5 Å². The topological polar surface area (TPSA) is 80.5 Å². The van der Waals surface area contributed by atoms with Gasteiger partial charge < -0.3 is 9.47 Å². The van der Waals surface area contributed by atoms with E-state index >= 15 is 0 Å². The number of anilines is 2. The summed E-state index contributed by atoms with van der Waals surface area (Å²) in [4.78, 5) is 17.0. The molecule has 0 atom stereocenters. The zero-order chi connectivity index (χ0) is 26.9. The molecule has 0 fully saturated rings. The van der Waals surface area contributed by atoms with Gasteiger partial charge in [0, 0.05) is 43.2 Å². The van der Waals surface area contributed by atoms with Gasteiger partial charge in [0.05, 0.1) is 22.5 Å². The average molecular weight is 524 g/mol. The van der Waals surface area contributed by atoms with Crippen LogP contribution in [0.2, 0.25) is 0 Å². The number of hydrogen-bond acceptors (Lipinski definition) is 6. The Kier molecular flexibility index (Phi) is 6.82. The van der Waals surface area contributed by atoms with E-state index in [-0.39, 0.29) is 0 Å². The predicted octanol–water partition coefficient (Wildman–Crippen LogP) is 5.87. The van der Waals surface area contributed by atoms with Gasteiger partial charge in [-0.05, 0) is 30.2 Å². The normalized spacial score (nSPS) is 11.5. The van der Waals surface area contributed by atoms with Gasteiger partial charge >= 0.3 is 0 Å². The van der Waals surface area contributed by atoms with Crippen molar-refractivity contribution in [3.63, 3.8) is 0 Å². The summed E-state index contributed by atoms with van der Waals surface area (Å²) in [6.45, 7) is 2.01. The van der Waals surface area contributed by atoms with Crippen LogP contribution < -0.4 is 4.90 Å². The van der Waals surface area contributed by atoms with Crippen molar-refractivity contribution in [2.75, 3.05) is 18.2 Å². The number of sulfone groups is 1. The molecule has 0 aliphatic carbocycles. The molecule has 0 radical (unpaired) electrons. The molecule has 8 heteroatoms. The lowest BCUT2D eigenvalue weighted by Gasteiger charge is -2.22. The van der Waals surface area contributed by atoms with Gasteiger partial charge in [-0.1, -0.05) is 67.6 Å². The fraction of sp³-hybridized carbons (Fsp3) is 0.167. The number of rotatable bonds is 7. The average Bonchev–Trinajstić information content (AvgIpc) is 3.31. The second kappa shape index (κ2) is 10.2. The number of aliphatic imine (C=N–C) groups is 1. The van der Waals surface area contributed by atoms with E-state index in [0.717, 1.165) is 33.6 Å². The Hall–Kier alpha value is -4.30. The number of benzene rings is 3. The molecule has 38 heavy (non-hydrogen) atoms. The third-order valence-corrected chi connectivity index (χ3v) is 7.67. The highest BCUT2D eigenvalue weighted by Crippen LogP contribution is 2.33. The van der Waals surface area contributed by atoms with Crippen molar-refractivity contribution >= 4 is 43.9 Å². The summed E-state index contributed by atoms with van der Waals surface area (Å²) < 4.78 is 26.2. The Labute approximate surface area is 223 Å². The molecule has 0 bridgehead atoms. The Bertz CT molecular complexity index is 1700. The van der Waals surface area contributed by atoms with E-state index in [1.165, 1.54) is 6.26 Å². The molecule has 0 unspecified atom stereocenters. The van der Waals surface area contributed by atoms with Gasteiger partial charge in [0.15, 0.2) is 15.7 Å². The summed E-state index contributed by atoms with van der Waals surface area (Å²) in [5.41, 5.74) is 6.17. The molecule has 5 rings (SSSR count). The largest absolute Gasteiger partial charge is 0.334 e. The zero-order valence-electron chi connectivity index (χ0n) is 21.8. The van der Waals surface area contributed by atoms with Crippen molar-refractivity contribution in [3.05, 3.63) is 108 Å². The molecule has 0 spiro atoms. The molecule has 7 nitrogen and oxygen atoms in total. The molecule has 3 aromatic carbocycles. The SMILES string of the molecule is CCc1cc(S(C)(=O)=O)ccc1N(C)c1cc2c(ncn2C)c(N=C(c2ccccc2)c2ccccc2)n1. The van der Waals surface area contributed by atoms with Crippen LogP contribution in [0.4, 0.5) is 17.3 Å². The van der Waals surface area contributed by atoms with Crippen molar-refractivity contribution in [3.8, 4) is 0 Å². The number of aromatic nitrogens is 3. The number of aryl methyl sites for hydroxylation is 2. The lowest BCUT2D eigenvalue weighted by molar-refractivity contribution is 0.601. The van der Waals surface area contributed by atoms with Crippen molar-refractivity contribution in [2.24, 2.45) is 12.0 Å². The third-order valence-electron chi connectivity index (χ3n) is 6.56. The first kappa shape index (κ1) is 25.4. The smallest absolute Gasteiger partial charge is 0.183 e. The number of imidazole rings is 1. The third kappa shape index (κ3) is 4.95. The molecule has 192 valence electrons. The molecule has 0 saturated carbocycles. The van der Waals surface area contributed by atoms with Gasteiger partial charge in [0.1, 0.15) is 11.3 Å². The van der Waals surface area contributed by atoms with Crippen molar-refractivity contribution in [1.82, 2.24) is 14.5 Å². The van der Waals surface area contributed by atoms with E-state index in [9.17, 15) is 8.42 Å². The number of nitrogens with zero attached hydrogens (tertiary/aromatic N) is 5. The summed E-state index contributed by atoms with van der Waals surface area (Å²) in [5.74, 6) is 1.19. The first-order chi connectivity index (χ1) is 18.3. The van der Waals surface area contributed by atoms with Crippen LogP contribution in [0, 0.1) is 0 Å². The van der Waals surface area contributed by atoms with Crippen LogP contribution in [-0.2, 0) is 23.3 Å². The first-order valence-corrected chi connectivity index (χ1v) is 14.2. The summed E-state index contributed by atoms with van der Waals surface area (Å²) in [6.07, 6.45) is 3.66. The summed E-state index contributed by atoms with van der Waals surface area (Å²) >= 11 is 0. The van der Waals surface area contributed by atoms with Gasteiger partial charge in [-0.2, -0.15) is 0 Å². The Morgan fingerprint density at radius 2 is 1.58 bits per heavy atom. The molecular weight excluding hydrogens is 494 g/mol. The number of fused-ring (bicyclic) bond motifs is 1. The summed E-state index contributed by atoms with van der Waals surface area (Å²) in [5, 5.41) is 0. The van der Waals surface area contributed by atoms with Gasteiger partial charge in [-0.3, -0.25) is 0 Å². The van der Waals surface area contributed by atoms with Gasteiger partial charge in [-0.15, -0.1) is 0 Å². The van der Waals surface area contributed by atoms with E-state index < -0.39 is 9.84 Å². The molecule has 0 aliphatic heterocycles. The Morgan fingerprint density at radius 1 is 0.947 bits per heavy atom. The van der Waals surface area contributed by atoms with E-state index in [2.05, 4.69) is 4.98 Å². The fourth-order valence-corrected chi connectivity index (χ4v) is 5.14. The maximum atomic E-state index is 12.1. The minimum absolute atomic E-state index is 0.308. The van der Waals surface area contributed by atoms with Crippen LogP contribution in [0.3, 0.4) is 0 Å². The maximum Gasteiger partial charge on any atom is 0.183 e. The Balaban J connectivity index is 1.70. The van der Waals surface area contributed by atoms with Crippen LogP contribution in [0.5, 0.6) is 0 Å². The van der Waals surface area contributed by atoms with E-state index in [4.69, 9.17) is 9.98 Å². The van der Waals surface area contributed by atoms with Crippen molar-refractivity contribution in [1.29, 1.82) is 0 Å². The zero-order valence-corrected chi connectivity index (χ0v) is 22.6. The second-order valence-corrected chi connectivity index (χ2v) is 11.2. The quantitative estimate of drug-likeness (QED) is 0.249. The van der Waals surface area contributed by atoms with Gasteiger partial charge in [0.25, 0.3) is 0 Å². The van der Waals surface area contributed by atoms with Crippen LogP contribution in [0.15, 0.2) is 101 Å². The van der Waals surface area contributed by atoms with Crippen LogP contribution in [0.25, 0.3) is 11.0 Å². The first-order valence-electron chi connectivity index (χ1n) is 12.3. The molecule has 2 heterocycles. The predicted molar refractivity (Wildman–Crippen MR) is 154 cm³/mol. The van der Waals surface area contributed by atoms with Crippen LogP contribution >= 0.6 is 0 Å². The van der Waals surface area contributed by atoms with Crippen LogP contribution in [-0.4, -0.2) is 42.0 Å². The highest BCUT2D eigenvalue weighted by atomic mass is 32.2. The van der Waals surface area contributed by atoms with Gasteiger partial charge in [-0.25, -0.2) is 23.4 Å². The molecule has 2 aromatic heterocycles. The van der Waals surface area contributed by atoms with E-state index in [1.54, 1.807) is 18.5 Å². The maximum absolute atomic E-state index is 12.1. The number of pyridine rings is 1. The fourth-order valence-electron chi connectivity index (χ4n) is 4.47. The van der Waals surface area contributed by atoms with Crippen LogP contribution in [0.1, 0.15) is 23.6 Å².